The van der Waals surface area contributed by atoms with Gasteiger partial charge in [0.15, 0.2) is 0 Å². The highest BCUT2D eigenvalue weighted by Gasteiger charge is 2.25. The highest BCUT2D eigenvalue weighted by atomic mass is 16.3. The Morgan fingerprint density at radius 3 is 2.68 bits per heavy atom. The molecule has 112 valence electrons. The summed E-state index contributed by atoms with van der Waals surface area (Å²) in [7, 11) is 4.06. The number of hydrogen-bond donors (Lipinski definition) is 3. The number of aliphatic hydroxyl groups is 1. The number of carbonyl (C=O) groups is 1. The van der Waals surface area contributed by atoms with Gasteiger partial charge in [0, 0.05) is 24.6 Å². The molecule has 1 aliphatic carbocycles. The Bertz CT molecular complexity index is 271. The van der Waals surface area contributed by atoms with Crippen molar-refractivity contribution in [1.82, 2.24) is 15.5 Å². The zero-order chi connectivity index (χ0) is 14.3. The van der Waals surface area contributed by atoms with E-state index in [-0.39, 0.29) is 30.6 Å². The van der Waals surface area contributed by atoms with Crippen LogP contribution in [0.4, 0.5) is 4.79 Å². The van der Waals surface area contributed by atoms with Gasteiger partial charge in [-0.3, -0.25) is 0 Å². The van der Waals surface area contributed by atoms with Crippen molar-refractivity contribution in [3.05, 3.63) is 0 Å². The summed E-state index contributed by atoms with van der Waals surface area (Å²) >= 11 is 0. The molecule has 1 aliphatic rings. The Kier molecular flexibility index (Phi) is 7.16. The summed E-state index contributed by atoms with van der Waals surface area (Å²) in [5.74, 6) is 0.219. The summed E-state index contributed by atoms with van der Waals surface area (Å²) in [6.45, 7) is 3.15. The van der Waals surface area contributed by atoms with E-state index in [4.69, 9.17) is 0 Å². The van der Waals surface area contributed by atoms with E-state index in [1.807, 2.05) is 21.0 Å². The molecule has 19 heavy (non-hydrogen) atoms. The summed E-state index contributed by atoms with van der Waals surface area (Å²) in [5.41, 5.74) is 0. The van der Waals surface area contributed by atoms with E-state index in [0.29, 0.717) is 0 Å². The van der Waals surface area contributed by atoms with Crippen molar-refractivity contribution in [2.75, 3.05) is 27.2 Å². The van der Waals surface area contributed by atoms with Crippen molar-refractivity contribution in [3.63, 3.8) is 0 Å². The molecule has 2 amide bonds. The summed E-state index contributed by atoms with van der Waals surface area (Å²) < 4.78 is 0. The first-order valence-corrected chi connectivity index (χ1v) is 7.35. The highest BCUT2D eigenvalue weighted by Crippen LogP contribution is 2.23. The molecule has 0 aromatic heterocycles. The monoisotopic (exact) mass is 271 g/mol. The van der Waals surface area contributed by atoms with E-state index < -0.39 is 0 Å². The lowest BCUT2D eigenvalue weighted by Gasteiger charge is -2.31. The zero-order valence-corrected chi connectivity index (χ0v) is 12.5. The van der Waals surface area contributed by atoms with E-state index in [1.54, 1.807) is 0 Å². The van der Waals surface area contributed by atoms with Crippen molar-refractivity contribution in [3.8, 4) is 0 Å². The van der Waals surface area contributed by atoms with Crippen LogP contribution in [0.1, 0.15) is 39.0 Å². The summed E-state index contributed by atoms with van der Waals surface area (Å²) in [6, 6.07) is 0.190. The van der Waals surface area contributed by atoms with Gasteiger partial charge >= 0.3 is 6.03 Å². The molecular weight excluding hydrogens is 242 g/mol. The molecule has 0 bridgehead atoms. The van der Waals surface area contributed by atoms with Gasteiger partial charge in [0.1, 0.15) is 0 Å². The number of rotatable bonds is 6. The summed E-state index contributed by atoms with van der Waals surface area (Å²) in [4.78, 5) is 14.0. The van der Waals surface area contributed by atoms with Crippen LogP contribution in [-0.4, -0.2) is 55.4 Å². The van der Waals surface area contributed by atoms with E-state index in [9.17, 15) is 9.90 Å². The number of carbonyl (C=O) groups excluding carboxylic acids is 1. The van der Waals surface area contributed by atoms with Crippen molar-refractivity contribution in [2.45, 2.75) is 51.1 Å². The number of hydrogen-bond acceptors (Lipinski definition) is 3. The maximum absolute atomic E-state index is 11.9. The number of urea groups is 1. The minimum atomic E-state index is -0.100. The summed E-state index contributed by atoms with van der Waals surface area (Å²) in [6.07, 6.45) is 5.22. The molecule has 1 rings (SSSR count). The SMILES string of the molecule is CC(CCN(C)C)NC(=O)NC1CCCCC1CO. The minimum Gasteiger partial charge on any atom is -0.396 e. The van der Waals surface area contributed by atoms with Gasteiger partial charge in [-0.2, -0.15) is 0 Å². The van der Waals surface area contributed by atoms with Crippen LogP contribution in [0.3, 0.4) is 0 Å². The van der Waals surface area contributed by atoms with Crippen LogP contribution in [0.15, 0.2) is 0 Å². The van der Waals surface area contributed by atoms with E-state index in [0.717, 1.165) is 38.6 Å². The lowest BCUT2D eigenvalue weighted by atomic mass is 9.85. The summed E-state index contributed by atoms with van der Waals surface area (Å²) in [5, 5.41) is 15.3. The Morgan fingerprint density at radius 1 is 1.37 bits per heavy atom. The Morgan fingerprint density at radius 2 is 2.05 bits per heavy atom. The smallest absolute Gasteiger partial charge is 0.315 e. The van der Waals surface area contributed by atoms with E-state index >= 15 is 0 Å². The van der Waals surface area contributed by atoms with Gasteiger partial charge in [0.05, 0.1) is 0 Å². The molecule has 1 saturated carbocycles. The molecule has 3 atom stereocenters. The molecule has 3 unspecified atom stereocenters. The number of aliphatic hydroxyl groups excluding tert-OH is 1. The second-order valence-corrected chi connectivity index (χ2v) is 5.94. The highest BCUT2D eigenvalue weighted by molar-refractivity contribution is 5.74. The largest absolute Gasteiger partial charge is 0.396 e. The van der Waals surface area contributed by atoms with Gasteiger partial charge in [-0.15, -0.1) is 0 Å². The molecule has 3 N–H and O–H groups in total. The van der Waals surface area contributed by atoms with Gasteiger partial charge in [0.25, 0.3) is 0 Å². The van der Waals surface area contributed by atoms with Crippen molar-refractivity contribution in [2.24, 2.45) is 5.92 Å². The first-order valence-electron chi connectivity index (χ1n) is 7.35. The van der Waals surface area contributed by atoms with Gasteiger partial charge in [-0.1, -0.05) is 12.8 Å². The molecule has 0 aromatic rings. The maximum Gasteiger partial charge on any atom is 0.315 e. The Balaban J connectivity index is 2.29. The number of nitrogens with zero attached hydrogens (tertiary/aromatic N) is 1. The second kappa shape index (κ2) is 8.38. The first kappa shape index (κ1) is 16.2. The van der Waals surface area contributed by atoms with Crippen LogP contribution in [-0.2, 0) is 0 Å². The molecule has 5 nitrogen and oxygen atoms in total. The molecular formula is C14H29N3O2. The molecule has 0 spiro atoms. The molecule has 0 aliphatic heterocycles. The van der Waals surface area contributed by atoms with Crippen LogP contribution in [0.2, 0.25) is 0 Å². The predicted octanol–water partition coefficient (Wildman–Crippen LogP) is 1.18. The van der Waals surface area contributed by atoms with Crippen molar-refractivity contribution in [1.29, 1.82) is 0 Å². The molecule has 0 saturated heterocycles. The van der Waals surface area contributed by atoms with E-state index in [1.165, 1.54) is 0 Å². The lowest BCUT2D eigenvalue weighted by Crippen LogP contribution is -2.50. The average molecular weight is 271 g/mol. The third kappa shape index (κ3) is 6.25. The van der Waals surface area contributed by atoms with Gasteiger partial charge < -0.3 is 20.6 Å². The quantitative estimate of drug-likeness (QED) is 0.679. The number of nitrogens with one attached hydrogen (secondary N) is 2. The van der Waals surface area contributed by atoms with Crippen LogP contribution in [0, 0.1) is 5.92 Å². The van der Waals surface area contributed by atoms with Crippen LogP contribution in [0.5, 0.6) is 0 Å². The van der Waals surface area contributed by atoms with Gasteiger partial charge in [-0.05, 0) is 46.8 Å². The van der Waals surface area contributed by atoms with Crippen LogP contribution < -0.4 is 10.6 Å². The fourth-order valence-corrected chi connectivity index (χ4v) is 2.57. The molecule has 0 aromatic carbocycles. The lowest BCUT2D eigenvalue weighted by molar-refractivity contribution is 0.153. The predicted molar refractivity (Wildman–Crippen MR) is 77.1 cm³/mol. The van der Waals surface area contributed by atoms with Gasteiger partial charge in [-0.25, -0.2) is 4.79 Å². The fraction of sp³-hybridized carbons (Fsp3) is 0.929. The topological polar surface area (TPSA) is 64.6 Å². The molecule has 1 fully saturated rings. The minimum absolute atomic E-state index is 0.100. The Labute approximate surface area is 116 Å². The Hall–Kier alpha value is -0.810. The third-order valence-corrected chi connectivity index (χ3v) is 3.85. The van der Waals surface area contributed by atoms with Crippen molar-refractivity contribution >= 4 is 6.03 Å². The molecule has 0 radical (unpaired) electrons. The standard InChI is InChI=1S/C14H29N3O2/c1-11(8-9-17(2)3)15-14(19)16-13-7-5-4-6-12(13)10-18/h11-13,18H,4-10H2,1-3H3,(H2,15,16,19). The number of amides is 2. The maximum atomic E-state index is 11.9. The zero-order valence-electron chi connectivity index (χ0n) is 12.5. The van der Waals surface area contributed by atoms with Crippen molar-refractivity contribution < 1.29 is 9.90 Å². The van der Waals surface area contributed by atoms with E-state index in [2.05, 4.69) is 15.5 Å². The first-order chi connectivity index (χ1) is 9.02. The molecule has 5 heteroatoms. The normalized spacial score (nSPS) is 25.1. The van der Waals surface area contributed by atoms with Crippen LogP contribution in [0.25, 0.3) is 0 Å². The van der Waals surface area contributed by atoms with Gasteiger partial charge in [0.2, 0.25) is 0 Å². The third-order valence-electron chi connectivity index (χ3n) is 3.85. The second-order valence-electron chi connectivity index (χ2n) is 5.94. The average Bonchev–Trinajstić information content (AvgIpc) is 2.37. The fourth-order valence-electron chi connectivity index (χ4n) is 2.57. The molecule has 0 heterocycles. The van der Waals surface area contributed by atoms with Crippen LogP contribution >= 0.6 is 0 Å².